The molecule has 1 amide bonds. The number of halogens is 1. The highest BCUT2D eigenvalue weighted by Crippen LogP contribution is 2.24. The van der Waals surface area contributed by atoms with E-state index in [1.54, 1.807) is 0 Å². The fourth-order valence-electron chi connectivity index (χ4n) is 3.44. The normalized spacial score (nSPS) is 16.9. The second-order valence-corrected chi connectivity index (χ2v) is 7.69. The molecule has 27 heavy (non-hydrogen) atoms. The van der Waals surface area contributed by atoms with Gasteiger partial charge in [-0.15, -0.1) is 0 Å². The van der Waals surface area contributed by atoms with E-state index in [-0.39, 0.29) is 11.9 Å². The van der Waals surface area contributed by atoms with Crippen LogP contribution >= 0.6 is 15.9 Å². The number of piperidine rings is 1. The molecule has 2 heterocycles. The van der Waals surface area contributed by atoms with Crippen LogP contribution in [0.4, 0.5) is 5.82 Å². The Bertz CT molecular complexity index is 925. The molecule has 2 aromatic carbocycles. The molecule has 1 atom stereocenters. The number of nitrogens with zero attached hydrogens (tertiary/aromatic N) is 2. The van der Waals surface area contributed by atoms with Crippen molar-refractivity contribution < 1.29 is 4.79 Å². The fraction of sp³-hybridized carbons (Fsp3) is 0.238. The zero-order chi connectivity index (χ0) is 18.6. The van der Waals surface area contributed by atoms with Crippen molar-refractivity contribution in [2.75, 3.05) is 18.0 Å². The summed E-state index contributed by atoms with van der Waals surface area (Å²) in [5.41, 5.74) is 2.80. The van der Waals surface area contributed by atoms with E-state index in [1.807, 2.05) is 42.5 Å². The largest absolute Gasteiger partial charge is 0.353 e. The van der Waals surface area contributed by atoms with Gasteiger partial charge < -0.3 is 10.2 Å². The summed E-state index contributed by atoms with van der Waals surface area (Å²) in [4.78, 5) is 14.8. The molecule has 1 aliphatic heterocycles. The topological polar surface area (TPSA) is 61.0 Å². The molecule has 0 aliphatic carbocycles. The van der Waals surface area contributed by atoms with E-state index < -0.39 is 0 Å². The Morgan fingerprint density at radius 2 is 2.00 bits per heavy atom. The SMILES string of the molecule is O=C(N[C@H]1CCCN(c2cc(-c3ccccc3)[nH]n2)C1)c1cccc(Br)c1. The summed E-state index contributed by atoms with van der Waals surface area (Å²) in [7, 11) is 0. The quantitative estimate of drug-likeness (QED) is 0.658. The molecular formula is C21H21BrN4O. The molecule has 0 unspecified atom stereocenters. The number of H-pyrrole nitrogens is 1. The maximum absolute atomic E-state index is 12.5. The van der Waals surface area contributed by atoms with Crippen molar-refractivity contribution >= 4 is 27.7 Å². The highest BCUT2D eigenvalue weighted by molar-refractivity contribution is 9.10. The van der Waals surface area contributed by atoms with Gasteiger partial charge in [0, 0.05) is 35.2 Å². The minimum absolute atomic E-state index is 0.0323. The maximum atomic E-state index is 12.5. The predicted octanol–water partition coefficient (Wildman–Crippen LogP) is 4.24. The number of amides is 1. The molecule has 0 saturated carbocycles. The van der Waals surface area contributed by atoms with Crippen LogP contribution in [0.3, 0.4) is 0 Å². The van der Waals surface area contributed by atoms with Crippen LogP contribution in [0.1, 0.15) is 23.2 Å². The number of rotatable bonds is 4. The van der Waals surface area contributed by atoms with Crippen molar-refractivity contribution in [1.82, 2.24) is 15.5 Å². The van der Waals surface area contributed by atoms with Gasteiger partial charge in [-0.25, -0.2) is 0 Å². The summed E-state index contributed by atoms with van der Waals surface area (Å²) in [6.07, 6.45) is 2.00. The third kappa shape index (κ3) is 4.22. The molecule has 1 saturated heterocycles. The average Bonchev–Trinajstić information content (AvgIpc) is 3.19. The lowest BCUT2D eigenvalue weighted by atomic mass is 10.0. The van der Waals surface area contributed by atoms with Crippen molar-refractivity contribution in [3.05, 3.63) is 70.7 Å². The van der Waals surface area contributed by atoms with E-state index >= 15 is 0 Å². The van der Waals surface area contributed by atoms with Crippen LogP contribution in [0.25, 0.3) is 11.3 Å². The molecule has 1 fully saturated rings. The van der Waals surface area contributed by atoms with E-state index in [0.717, 1.165) is 47.5 Å². The smallest absolute Gasteiger partial charge is 0.251 e. The number of hydrogen-bond acceptors (Lipinski definition) is 3. The lowest BCUT2D eigenvalue weighted by Gasteiger charge is -2.33. The van der Waals surface area contributed by atoms with Gasteiger partial charge >= 0.3 is 0 Å². The third-order valence-electron chi connectivity index (χ3n) is 4.82. The second kappa shape index (κ2) is 7.96. The lowest BCUT2D eigenvalue weighted by molar-refractivity contribution is 0.0933. The van der Waals surface area contributed by atoms with Gasteiger partial charge in [0.1, 0.15) is 0 Å². The van der Waals surface area contributed by atoms with Crippen LogP contribution in [0.15, 0.2) is 65.1 Å². The number of aromatic amines is 1. The zero-order valence-electron chi connectivity index (χ0n) is 14.9. The summed E-state index contributed by atoms with van der Waals surface area (Å²) in [6.45, 7) is 1.71. The van der Waals surface area contributed by atoms with Crippen LogP contribution in [-0.2, 0) is 0 Å². The highest BCUT2D eigenvalue weighted by Gasteiger charge is 2.23. The Balaban J connectivity index is 1.42. The Labute approximate surface area is 166 Å². The van der Waals surface area contributed by atoms with Crippen LogP contribution < -0.4 is 10.2 Å². The van der Waals surface area contributed by atoms with E-state index in [9.17, 15) is 4.79 Å². The van der Waals surface area contributed by atoms with Crippen molar-refractivity contribution in [3.8, 4) is 11.3 Å². The first-order valence-electron chi connectivity index (χ1n) is 9.11. The number of carbonyl (C=O) groups is 1. The average molecular weight is 425 g/mol. The summed E-state index contributed by atoms with van der Waals surface area (Å²) in [5, 5.41) is 10.8. The molecule has 3 aromatic rings. The van der Waals surface area contributed by atoms with Crippen LogP contribution in [0.5, 0.6) is 0 Å². The molecule has 1 aliphatic rings. The van der Waals surface area contributed by atoms with Crippen LogP contribution in [-0.4, -0.2) is 35.2 Å². The first kappa shape index (κ1) is 17.8. The minimum atomic E-state index is -0.0323. The number of hydrogen-bond donors (Lipinski definition) is 2. The number of carbonyl (C=O) groups excluding carboxylic acids is 1. The third-order valence-corrected chi connectivity index (χ3v) is 5.31. The predicted molar refractivity (Wildman–Crippen MR) is 111 cm³/mol. The number of aromatic nitrogens is 2. The van der Waals surface area contributed by atoms with Crippen molar-refractivity contribution in [2.45, 2.75) is 18.9 Å². The number of anilines is 1. The van der Waals surface area contributed by atoms with Gasteiger partial charge in [0.25, 0.3) is 5.91 Å². The van der Waals surface area contributed by atoms with Gasteiger partial charge in [0.2, 0.25) is 0 Å². The first-order valence-corrected chi connectivity index (χ1v) is 9.90. The monoisotopic (exact) mass is 424 g/mol. The number of benzene rings is 2. The molecule has 0 radical (unpaired) electrons. The maximum Gasteiger partial charge on any atom is 0.251 e. The molecule has 0 bridgehead atoms. The first-order chi connectivity index (χ1) is 13.2. The van der Waals surface area contributed by atoms with Gasteiger partial charge in [0.05, 0.1) is 5.69 Å². The summed E-state index contributed by atoms with van der Waals surface area (Å²) in [6, 6.07) is 19.8. The van der Waals surface area contributed by atoms with Gasteiger partial charge in [-0.05, 0) is 36.6 Å². The van der Waals surface area contributed by atoms with E-state index in [1.165, 1.54) is 0 Å². The summed E-state index contributed by atoms with van der Waals surface area (Å²) in [5.74, 6) is 0.894. The van der Waals surface area contributed by atoms with Gasteiger partial charge in [-0.1, -0.05) is 52.3 Å². The second-order valence-electron chi connectivity index (χ2n) is 6.77. The Kier molecular flexibility index (Phi) is 5.25. The van der Waals surface area contributed by atoms with Gasteiger partial charge in [-0.3, -0.25) is 9.89 Å². The van der Waals surface area contributed by atoms with E-state index in [0.29, 0.717) is 5.56 Å². The molecule has 4 rings (SSSR count). The van der Waals surface area contributed by atoms with Crippen LogP contribution in [0, 0.1) is 0 Å². The molecular weight excluding hydrogens is 404 g/mol. The van der Waals surface area contributed by atoms with Crippen molar-refractivity contribution in [1.29, 1.82) is 0 Å². The fourth-order valence-corrected chi connectivity index (χ4v) is 3.84. The zero-order valence-corrected chi connectivity index (χ0v) is 16.4. The van der Waals surface area contributed by atoms with E-state index in [2.05, 4.69) is 54.5 Å². The molecule has 2 N–H and O–H groups in total. The molecule has 138 valence electrons. The number of nitrogens with one attached hydrogen (secondary N) is 2. The van der Waals surface area contributed by atoms with Crippen molar-refractivity contribution in [3.63, 3.8) is 0 Å². The van der Waals surface area contributed by atoms with Crippen molar-refractivity contribution in [2.24, 2.45) is 0 Å². The summed E-state index contributed by atoms with van der Waals surface area (Å²) >= 11 is 3.42. The standard InChI is InChI=1S/C21H21BrN4O/c22-17-9-4-8-16(12-17)21(27)23-18-10-5-11-26(14-18)20-13-19(24-25-20)15-6-2-1-3-7-15/h1-4,6-9,12-13,18H,5,10-11,14H2,(H,23,27)(H,24,25)/t18-/m0/s1. The molecule has 0 spiro atoms. The Hall–Kier alpha value is -2.60. The van der Waals surface area contributed by atoms with Gasteiger partial charge in [-0.2, -0.15) is 5.10 Å². The lowest BCUT2D eigenvalue weighted by Crippen LogP contribution is -2.48. The van der Waals surface area contributed by atoms with Gasteiger partial charge in [0.15, 0.2) is 5.82 Å². The Morgan fingerprint density at radius 3 is 2.81 bits per heavy atom. The molecule has 6 heteroatoms. The Morgan fingerprint density at radius 1 is 1.15 bits per heavy atom. The van der Waals surface area contributed by atoms with E-state index in [4.69, 9.17) is 0 Å². The molecule has 5 nitrogen and oxygen atoms in total. The molecule has 1 aromatic heterocycles. The van der Waals surface area contributed by atoms with Crippen LogP contribution in [0.2, 0.25) is 0 Å². The highest BCUT2D eigenvalue weighted by atomic mass is 79.9. The summed E-state index contributed by atoms with van der Waals surface area (Å²) < 4.78 is 0.908. The minimum Gasteiger partial charge on any atom is -0.353 e.